The average molecular weight is 422 g/mol. The SMILES string of the molecule is CO/C=C(\C(=O)NC(C(=O)O)C1NC(C(=O)[O-])=CCS1)c1csc(N)n1.[Na+]. The molecule has 140 valence electrons. The molecule has 0 saturated carbocycles. The van der Waals surface area contributed by atoms with Gasteiger partial charge in [-0.15, -0.1) is 23.1 Å². The molecule has 0 aliphatic carbocycles. The maximum absolute atomic E-state index is 12.5. The number of aliphatic carboxylic acids is 2. The largest absolute Gasteiger partial charge is 1.00 e. The van der Waals surface area contributed by atoms with Crippen LogP contribution in [0.3, 0.4) is 0 Å². The second kappa shape index (κ2) is 10.6. The van der Waals surface area contributed by atoms with Gasteiger partial charge < -0.3 is 36.1 Å². The standard InChI is InChI=1S/C14H16N4O6S2.Na/c1-24-4-6(8-5-26-14(15)17-8)10(19)18-9(13(22)23)11-16-7(12(20)21)2-3-25-11;/h2,4-5,9,11,16H,3H2,1H3,(H2,15,17)(H,18,19)(H,20,21)(H,22,23);/q;+1/p-1/b6-4-;. The van der Waals surface area contributed by atoms with Crippen LogP contribution in [0, 0.1) is 0 Å². The van der Waals surface area contributed by atoms with Crippen molar-refractivity contribution in [2.75, 3.05) is 18.6 Å². The molecule has 27 heavy (non-hydrogen) atoms. The number of nitrogens with two attached hydrogens (primary N) is 1. The second-order valence-electron chi connectivity index (χ2n) is 4.93. The molecule has 1 aromatic heterocycles. The fourth-order valence-electron chi connectivity index (χ4n) is 2.06. The number of rotatable bonds is 7. The summed E-state index contributed by atoms with van der Waals surface area (Å²) in [5.41, 5.74) is 5.55. The van der Waals surface area contributed by atoms with Crippen LogP contribution < -0.4 is 51.0 Å². The van der Waals surface area contributed by atoms with Crippen LogP contribution in [-0.4, -0.2) is 52.2 Å². The van der Waals surface area contributed by atoms with E-state index in [1.807, 2.05) is 0 Å². The van der Waals surface area contributed by atoms with Gasteiger partial charge in [0.15, 0.2) is 11.2 Å². The minimum absolute atomic E-state index is 0. The molecule has 5 N–H and O–H groups in total. The van der Waals surface area contributed by atoms with E-state index in [4.69, 9.17) is 10.5 Å². The zero-order valence-corrected chi connectivity index (χ0v) is 18.1. The predicted octanol–water partition coefficient (Wildman–Crippen LogP) is -4.42. The van der Waals surface area contributed by atoms with Gasteiger partial charge in [-0.3, -0.25) is 4.79 Å². The molecule has 0 spiro atoms. The third-order valence-corrected chi connectivity index (χ3v) is 5.00. The van der Waals surface area contributed by atoms with Gasteiger partial charge in [0.05, 0.1) is 30.7 Å². The van der Waals surface area contributed by atoms with Crippen LogP contribution in [0.4, 0.5) is 5.13 Å². The van der Waals surface area contributed by atoms with E-state index < -0.39 is 29.3 Å². The predicted molar refractivity (Wildman–Crippen MR) is 93.6 cm³/mol. The quantitative estimate of drug-likeness (QED) is 0.191. The fourth-order valence-corrected chi connectivity index (χ4v) is 3.68. The molecule has 0 bridgehead atoms. The number of carbonyl (C=O) groups is 3. The average Bonchev–Trinajstić information content (AvgIpc) is 3.03. The molecule has 1 amide bonds. The Morgan fingerprint density at radius 1 is 1.56 bits per heavy atom. The van der Waals surface area contributed by atoms with Gasteiger partial charge in [-0.1, -0.05) is 0 Å². The van der Waals surface area contributed by atoms with Crippen molar-refractivity contribution in [3.63, 3.8) is 0 Å². The van der Waals surface area contributed by atoms with E-state index >= 15 is 0 Å². The molecule has 1 aliphatic heterocycles. The zero-order valence-electron chi connectivity index (χ0n) is 14.4. The molecule has 1 aromatic rings. The molecule has 0 fully saturated rings. The molecule has 2 heterocycles. The summed E-state index contributed by atoms with van der Waals surface area (Å²) in [6, 6.07) is -1.41. The van der Waals surface area contributed by atoms with E-state index in [2.05, 4.69) is 15.6 Å². The molecule has 2 atom stereocenters. The number of thioether (sulfide) groups is 1. The number of carboxylic acids is 2. The first kappa shape index (κ1) is 23.3. The van der Waals surface area contributed by atoms with Crippen molar-refractivity contribution >= 4 is 51.6 Å². The van der Waals surface area contributed by atoms with Gasteiger partial charge in [-0.05, 0) is 6.08 Å². The Bertz CT molecular complexity index is 781. The molecule has 0 aromatic carbocycles. The minimum Gasteiger partial charge on any atom is -0.543 e. The maximum atomic E-state index is 12.5. The Balaban J connectivity index is 0.00000364. The summed E-state index contributed by atoms with van der Waals surface area (Å²) >= 11 is 2.24. The molecule has 2 unspecified atom stereocenters. The van der Waals surface area contributed by atoms with E-state index in [0.29, 0.717) is 0 Å². The van der Waals surface area contributed by atoms with Crippen molar-refractivity contribution in [1.82, 2.24) is 15.6 Å². The first-order valence-electron chi connectivity index (χ1n) is 7.11. The maximum Gasteiger partial charge on any atom is 1.00 e. The third kappa shape index (κ3) is 6.14. The van der Waals surface area contributed by atoms with Gasteiger partial charge in [0, 0.05) is 11.1 Å². The van der Waals surface area contributed by atoms with Crippen molar-refractivity contribution in [3.05, 3.63) is 29.1 Å². The summed E-state index contributed by atoms with van der Waals surface area (Å²) in [7, 11) is 1.33. The Morgan fingerprint density at radius 3 is 2.78 bits per heavy atom. The number of hydrogen-bond acceptors (Lipinski definition) is 10. The number of nitrogens with one attached hydrogen (secondary N) is 2. The van der Waals surface area contributed by atoms with Crippen LogP contribution in [0.5, 0.6) is 0 Å². The number of hydrogen-bond donors (Lipinski definition) is 4. The van der Waals surface area contributed by atoms with Crippen molar-refractivity contribution in [2.24, 2.45) is 0 Å². The van der Waals surface area contributed by atoms with Crippen LogP contribution in [0.1, 0.15) is 5.69 Å². The molecule has 0 saturated heterocycles. The number of nitrogen functional groups attached to an aromatic ring is 1. The number of nitrogens with zero attached hydrogens (tertiary/aromatic N) is 1. The molecule has 2 rings (SSSR count). The van der Waals surface area contributed by atoms with Gasteiger partial charge in [-0.25, -0.2) is 9.78 Å². The monoisotopic (exact) mass is 422 g/mol. The summed E-state index contributed by atoms with van der Waals surface area (Å²) in [5.74, 6) is -3.29. The van der Waals surface area contributed by atoms with Crippen molar-refractivity contribution < 1.29 is 58.9 Å². The van der Waals surface area contributed by atoms with Crippen LogP contribution >= 0.6 is 23.1 Å². The summed E-state index contributed by atoms with van der Waals surface area (Å²) in [5, 5.41) is 26.2. The summed E-state index contributed by atoms with van der Waals surface area (Å²) in [4.78, 5) is 39.1. The van der Waals surface area contributed by atoms with Crippen LogP contribution in [0.25, 0.3) is 5.57 Å². The first-order valence-corrected chi connectivity index (χ1v) is 9.04. The fraction of sp³-hybridized carbons (Fsp3) is 0.286. The molecule has 0 radical (unpaired) electrons. The third-order valence-electron chi connectivity index (χ3n) is 3.21. The Morgan fingerprint density at radius 2 is 2.26 bits per heavy atom. The topological polar surface area (TPSA) is 167 Å². The molecule has 10 nitrogen and oxygen atoms in total. The van der Waals surface area contributed by atoms with Gasteiger partial charge in [0.25, 0.3) is 5.91 Å². The summed E-state index contributed by atoms with van der Waals surface area (Å²) in [6.45, 7) is 0. The Hall–Kier alpha value is -1.73. The summed E-state index contributed by atoms with van der Waals surface area (Å²) < 4.78 is 4.86. The van der Waals surface area contributed by atoms with Crippen LogP contribution in [-0.2, 0) is 19.1 Å². The number of amides is 1. The minimum atomic E-state index is -1.45. The molecule has 1 aliphatic rings. The van der Waals surface area contributed by atoms with Gasteiger partial charge in [-0.2, -0.15) is 0 Å². The van der Waals surface area contributed by atoms with E-state index in [1.165, 1.54) is 18.6 Å². The Kier molecular flexibility index (Phi) is 9.12. The molecule has 13 heteroatoms. The zero-order chi connectivity index (χ0) is 19.3. The van der Waals surface area contributed by atoms with Gasteiger partial charge >= 0.3 is 35.5 Å². The van der Waals surface area contributed by atoms with Crippen molar-refractivity contribution in [2.45, 2.75) is 11.4 Å². The van der Waals surface area contributed by atoms with Crippen LogP contribution in [0.15, 0.2) is 23.4 Å². The van der Waals surface area contributed by atoms with Gasteiger partial charge in [0.2, 0.25) is 0 Å². The van der Waals surface area contributed by atoms with Crippen molar-refractivity contribution in [3.8, 4) is 0 Å². The first-order chi connectivity index (χ1) is 12.3. The van der Waals surface area contributed by atoms with Crippen molar-refractivity contribution in [1.29, 1.82) is 0 Å². The van der Waals surface area contributed by atoms with E-state index in [1.54, 1.807) is 0 Å². The summed E-state index contributed by atoms with van der Waals surface area (Å²) in [6.07, 6.45) is 2.49. The van der Waals surface area contributed by atoms with E-state index in [9.17, 15) is 24.6 Å². The van der Waals surface area contributed by atoms with E-state index in [-0.39, 0.29) is 57.4 Å². The van der Waals surface area contributed by atoms with Crippen LogP contribution in [0.2, 0.25) is 0 Å². The number of ether oxygens (including phenoxy) is 1. The smallest absolute Gasteiger partial charge is 0.543 e. The number of methoxy groups -OCH3 is 1. The molecular formula is C14H15N4NaO6S2. The number of aromatic nitrogens is 1. The Labute approximate surface area is 184 Å². The second-order valence-corrected chi connectivity index (χ2v) is 7.00. The number of thiazole rings is 1. The normalized spacial score (nSPS) is 17.6. The number of carboxylic acid groups (broad SMARTS) is 2. The number of anilines is 1. The number of carbonyl (C=O) groups excluding carboxylic acids is 2. The van der Waals surface area contributed by atoms with Gasteiger partial charge in [0.1, 0.15) is 10.9 Å². The molecular weight excluding hydrogens is 407 g/mol. The van der Waals surface area contributed by atoms with E-state index in [0.717, 1.165) is 29.4 Å².